The minimum atomic E-state index is -0.0741. The molecule has 0 aromatic rings. The van der Waals surface area contributed by atoms with E-state index in [0.717, 1.165) is 19.3 Å². The second-order valence-electron chi connectivity index (χ2n) is 6.75. The summed E-state index contributed by atoms with van der Waals surface area (Å²) < 4.78 is 0. The molecule has 0 spiro atoms. The standard InChI is InChI=1S/C14H26N2O2/c1-11(18)9-16-13(2,3)7-12(15(6)10-17)8-14(16,4)5/h10,12H,7-9H2,1-6H3. The van der Waals surface area contributed by atoms with Crippen LogP contribution in [0, 0.1) is 0 Å². The normalized spacial score (nSPS) is 23.7. The van der Waals surface area contributed by atoms with Gasteiger partial charge in [0.1, 0.15) is 5.78 Å². The van der Waals surface area contributed by atoms with E-state index < -0.39 is 0 Å². The van der Waals surface area contributed by atoms with Gasteiger partial charge in [-0.1, -0.05) is 0 Å². The van der Waals surface area contributed by atoms with Crippen LogP contribution >= 0.6 is 0 Å². The van der Waals surface area contributed by atoms with E-state index >= 15 is 0 Å². The first-order valence-corrected chi connectivity index (χ1v) is 6.54. The van der Waals surface area contributed by atoms with Crippen LogP contribution in [0.2, 0.25) is 0 Å². The molecule has 4 nitrogen and oxygen atoms in total. The Balaban J connectivity index is 2.97. The first-order valence-electron chi connectivity index (χ1n) is 6.54. The molecule has 0 bridgehead atoms. The number of ketones is 1. The number of amides is 1. The second kappa shape index (κ2) is 5.00. The molecule has 0 aromatic carbocycles. The minimum absolute atomic E-state index is 0.0741. The molecule has 0 atom stereocenters. The third kappa shape index (κ3) is 3.10. The smallest absolute Gasteiger partial charge is 0.209 e. The molecule has 1 aliphatic rings. The number of piperidine rings is 1. The van der Waals surface area contributed by atoms with Crippen molar-refractivity contribution in [2.45, 2.75) is 64.6 Å². The highest BCUT2D eigenvalue weighted by molar-refractivity contribution is 5.77. The summed E-state index contributed by atoms with van der Waals surface area (Å²) in [5.41, 5.74) is -0.148. The number of nitrogens with zero attached hydrogens (tertiary/aromatic N) is 2. The SMILES string of the molecule is CC(=O)CN1C(C)(C)CC(N(C)C=O)CC1(C)C. The maximum absolute atomic E-state index is 11.5. The van der Waals surface area contributed by atoms with Crippen LogP contribution in [0.25, 0.3) is 0 Å². The first-order chi connectivity index (χ1) is 8.10. The third-order valence-corrected chi connectivity index (χ3v) is 4.05. The second-order valence-corrected chi connectivity index (χ2v) is 6.75. The quantitative estimate of drug-likeness (QED) is 0.717. The molecule has 18 heavy (non-hydrogen) atoms. The summed E-state index contributed by atoms with van der Waals surface area (Å²) in [5.74, 6) is 0.193. The predicted molar refractivity (Wildman–Crippen MR) is 72.4 cm³/mol. The summed E-state index contributed by atoms with van der Waals surface area (Å²) in [6.45, 7) is 10.7. The lowest BCUT2D eigenvalue weighted by Gasteiger charge is -2.56. The fourth-order valence-electron chi connectivity index (χ4n) is 3.29. The monoisotopic (exact) mass is 254 g/mol. The van der Waals surface area contributed by atoms with E-state index in [0.29, 0.717) is 6.54 Å². The Hall–Kier alpha value is -0.900. The van der Waals surface area contributed by atoms with Gasteiger partial charge in [0.25, 0.3) is 0 Å². The number of Topliss-reactive ketones (excluding diaryl/α,β-unsaturated/α-hetero) is 1. The van der Waals surface area contributed by atoms with E-state index in [1.807, 2.05) is 7.05 Å². The van der Waals surface area contributed by atoms with Crippen LogP contribution in [-0.2, 0) is 9.59 Å². The minimum Gasteiger partial charge on any atom is -0.345 e. The van der Waals surface area contributed by atoms with E-state index in [1.54, 1.807) is 11.8 Å². The van der Waals surface area contributed by atoms with Crippen molar-refractivity contribution >= 4 is 12.2 Å². The number of carbonyl (C=O) groups is 2. The molecule has 1 rings (SSSR count). The Morgan fingerprint density at radius 1 is 1.28 bits per heavy atom. The largest absolute Gasteiger partial charge is 0.345 e. The van der Waals surface area contributed by atoms with Gasteiger partial charge in [-0.25, -0.2) is 0 Å². The molecule has 0 radical (unpaired) electrons. The van der Waals surface area contributed by atoms with E-state index in [1.165, 1.54) is 0 Å². The Morgan fingerprint density at radius 2 is 1.72 bits per heavy atom. The van der Waals surface area contributed by atoms with E-state index in [2.05, 4.69) is 32.6 Å². The van der Waals surface area contributed by atoms with Crippen molar-refractivity contribution in [3.05, 3.63) is 0 Å². The van der Waals surface area contributed by atoms with Crippen molar-refractivity contribution in [3.8, 4) is 0 Å². The zero-order valence-corrected chi connectivity index (χ0v) is 12.5. The van der Waals surface area contributed by atoms with Gasteiger partial charge in [-0.2, -0.15) is 0 Å². The maximum atomic E-state index is 11.5. The molecule has 1 fully saturated rings. The summed E-state index contributed by atoms with van der Waals surface area (Å²) in [6, 6.07) is 0.246. The molecule has 1 saturated heterocycles. The van der Waals surface area contributed by atoms with Crippen molar-refractivity contribution in [2.24, 2.45) is 0 Å². The molecule has 1 heterocycles. The van der Waals surface area contributed by atoms with Crippen molar-refractivity contribution < 1.29 is 9.59 Å². The molecule has 0 saturated carbocycles. The lowest BCUT2D eigenvalue weighted by molar-refractivity contribution is -0.131. The van der Waals surface area contributed by atoms with Crippen LogP contribution in [0.5, 0.6) is 0 Å². The molecular weight excluding hydrogens is 228 g/mol. The van der Waals surface area contributed by atoms with Crippen molar-refractivity contribution in [2.75, 3.05) is 13.6 Å². The van der Waals surface area contributed by atoms with E-state index in [9.17, 15) is 9.59 Å². The summed E-state index contributed by atoms with van der Waals surface area (Å²) in [5, 5.41) is 0. The van der Waals surface area contributed by atoms with Gasteiger partial charge in [0.15, 0.2) is 0 Å². The van der Waals surface area contributed by atoms with Gasteiger partial charge in [0.05, 0.1) is 6.54 Å². The van der Waals surface area contributed by atoms with E-state index in [-0.39, 0.29) is 22.9 Å². The molecule has 1 amide bonds. The number of hydrogen-bond donors (Lipinski definition) is 0. The summed E-state index contributed by atoms with van der Waals surface area (Å²) in [6.07, 6.45) is 2.70. The molecular formula is C14H26N2O2. The van der Waals surface area contributed by atoms with Crippen LogP contribution in [0.1, 0.15) is 47.5 Å². The van der Waals surface area contributed by atoms with Gasteiger partial charge >= 0.3 is 0 Å². The van der Waals surface area contributed by atoms with Crippen LogP contribution in [0.15, 0.2) is 0 Å². The topological polar surface area (TPSA) is 40.6 Å². The van der Waals surface area contributed by atoms with E-state index in [4.69, 9.17) is 0 Å². The number of likely N-dealkylation sites (tertiary alicyclic amines) is 1. The fourth-order valence-corrected chi connectivity index (χ4v) is 3.29. The summed E-state index contributed by atoms with van der Waals surface area (Å²) in [4.78, 5) is 26.4. The van der Waals surface area contributed by atoms with Gasteiger partial charge in [0, 0.05) is 24.2 Å². The molecule has 4 heteroatoms. The van der Waals surface area contributed by atoms with Gasteiger partial charge in [-0.15, -0.1) is 0 Å². The predicted octanol–water partition coefficient (Wildman–Crippen LogP) is 1.69. The summed E-state index contributed by atoms with van der Waals surface area (Å²) in [7, 11) is 1.84. The Labute approximate surface area is 110 Å². The highest BCUT2D eigenvalue weighted by Crippen LogP contribution is 2.39. The molecule has 1 aliphatic heterocycles. The van der Waals surface area contributed by atoms with Crippen molar-refractivity contribution in [1.82, 2.24) is 9.80 Å². The van der Waals surface area contributed by atoms with Crippen LogP contribution < -0.4 is 0 Å². The maximum Gasteiger partial charge on any atom is 0.209 e. The average molecular weight is 254 g/mol. The van der Waals surface area contributed by atoms with Gasteiger partial charge in [0.2, 0.25) is 6.41 Å². The molecule has 0 unspecified atom stereocenters. The van der Waals surface area contributed by atoms with Crippen LogP contribution in [0.3, 0.4) is 0 Å². The Bertz CT molecular complexity index is 319. The number of rotatable bonds is 4. The first kappa shape index (κ1) is 15.2. The van der Waals surface area contributed by atoms with Crippen LogP contribution in [-0.4, -0.2) is 52.7 Å². The van der Waals surface area contributed by atoms with Crippen molar-refractivity contribution in [1.29, 1.82) is 0 Å². The molecule has 0 aliphatic carbocycles. The number of hydrogen-bond acceptors (Lipinski definition) is 3. The highest BCUT2D eigenvalue weighted by atomic mass is 16.1. The van der Waals surface area contributed by atoms with Gasteiger partial charge in [-0.05, 0) is 47.5 Å². The fraction of sp³-hybridized carbons (Fsp3) is 0.857. The van der Waals surface area contributed by atoms with Gasteiger partial charge in [-0.3, -0.25) is 14.5 Å². The zero-order chi connectivity index (χ0) is 14.1. The molecule has 0 aromatic heterocycles. The molecule has 104 valence electrons. The third-order valence-electron chi connectivity index (χ3n) is 4.05. The Morgan fingerprint density at radius 3 is 2.06 bits per heavy atom. The van der Waals surface area contributed by atoms with Gasteiger partial charge < -0.3 is 4.90 Å². The highest BCUT2D eigenvalue weighted by Gasteiger charge is 2.46. The Kier molecular flexibility index (Phi) is 4.21. The van der Waals surface area contributed by atoms with Crippen LogP contribution in [0.4, 0.5) is 0 Å². The average Bonchev–Trinajstić information content (AvgIpc) is 2.21. The van der Waals surface area contributed by atoms with Crippen molar-refractivity contribution in [3.63, 3.8) is 0 Å². The molecule has 0 N–H and O–H groups in total. The number of carbonyl (C=O) groups excluding carboxylic acids is 2. The lowest BCUT2D eigenvalue weighted by atomic mass is 9.76. The zero-order valence-electron chi connectivity index (χ0n) is 12.5. The summed E-state index contributed by atoms with van der Waals surface area (Å²) >= 11 is 0. The lowest BCUT2D eigenvalue weighted by Crippen LogP contribution is -2.64.